The molecule has 1 N–H and O–H groups in total. The number of aromatic nitrogens is 1. The summed E-state index contributed by atoms with van der Waals surface area (Å²) in [4.78, 5) is 20.9. The highest BCUT2D eigenvalue weighted by Gasteiger charge is 2.21. The summed E-state index contributed by atoms with van der Waals surface area (Å²) in [6, 6.07) is 13.7. The highest BCUT2D eigenvalue weighted by Crippen LogP contribution is 2.17. The molecule has 1 fully saturated rings. The molecule has 1 atom stereocenters. The van der Waals surface area contributed by atoms with E-state index in [0.29, 0.717) is 12.1 Å². The van der Waals surface area contributed by atoms with E-state index < -0.39 is 0 Å². The van der Waals surface area contributed by atoms with Gasteiger partial charge in [0, 0.05) is 50.0 Å². The number of anilines is 1. The minimum atomic E-state index is -0.189. The van der Waals surface area contributed by atoms with Gasteiger partial charge in [-0.1, -0.05) is 41.4 Å². The van der Waals surface area contributed by atoms with E-state index in [1.54, 1.807) is 0 Å². The summed E-state index contributed by atoms with van der Waals surface area (Å²) in [6.45, 7) is 6.61. The Labute approximate surface area is 163 Å². The normalized spacial score (nSPS) is 16.3. The van der Waals surface area contributed by atoms with Crippen LogP contribution in [0.3, 0.4) is 0 Å². The zero-order chi connectivity index (χ0) is 18.5. The Morgan fingerprint density at radius 3 is 2.35 bits per heavy atom. The molecule has 1 aromatic heterocycles. The third kappa shape index (κ3) is 4.87. The summed E-state index contributed by atoms with van der Waals surface area (Å²) in [5.74, 6) is -0.189. The lowest BCUT2D eigenvalue weighted by Gasteiger charge is -2.39. The summed E-state index contributed by atoms with van der Waals surface area (Å²) >= 11 is 11.7. The van der Waals surface area contributed by atoms with Crippen molar-refractivity contribution in [3.63, 3.8) is 0 Å². The molecule has 1 aromatic carbocycles. The molecule has 0 aliphatic carbocycles. The number of halogens is 2. The molecule has 2 heterocycles. The smallest absolute Gasteiger partial charge is 0.251 e. The van der Waals surface area contributed by atoms with Crippen molar-refractivity contribution in [2.75, 3.05) is 37.6 Å². The first-order chi connectivity index (χ1) is 12.5. The number of amides is 1. The number of hydrogen-bond acceptors (Lipinski definition) is 4. The Kier molecular flexibility index (Phi) is 6.35. The summed E-state index contributed by atoms with van der Waals surface area (Å²) in [7, 11) is 0. The number of carbonyl (C=O) groups is 1. The summed E-state index contributed by atoms with van der Waals surface area (Å²) in [5.41, 5.74) is 1.69. The average Bonchev–Trinajstić information content (AvgIpc) is 2.66. The van der Waals surface area contributed by atoms with Crippen LogP contribution in [0.2, 0.25) is 10.3 Å². The van der Waals surface area contributed by atoms with Crippen LogP contribution in [-0.2, 0) is 0 Å². The lowest BCUT2D eigenvalue weighted by atomic mass is 10.2. The maximum atomic E-state index is 12.3. The van der Waals surface area contributed by atoms with E-state index in [9.17, 15) is 4.79 Å². The van der Waals surface area contributed by atoms with Crippen LogP contribution in [0.4, 0.5) is 5.69 Å². The topological polar surface area (TPSA) is 48.5 Å². The third-order valence-electron chi connectivity index (χ3n) is 4.64. The van der Waals surface area contributed by atoms with Crippen LogP contribution in [0, 0.1) is 0 Å². The number of hydrogen-bond donors (Lipinski definition) is 1. The predicted molar refractivity (Wildman–Crippen MR) is 106 cm³/mol. The predicted octanol–water partition coefficient (Wildman–Crippen LogP) is 3.33. The standard InChI is InChI=1S/C19H22Cl2N4O/c1-14(13-22-19(26)15-11-17(20)23-18(21)12-15)24-7-9-25(10-8-24)16-5-3-2-4-6-16/h2-6,11-12,14H,7-10,13H2,1H3,(H,22,26). The molecule has 7 heteroatoms. The Hall–Kier alpha value is -1.82. The molecule has 1 amide bonds. The van der Waals surface area contributed by atoms with Crippen molar-refractivity contribution in [2.24, 2.45) is 0 Å². The molecule has 26 heavy (non-hydrogen) atoms. The number of nitrogens with zero attached hydrogens (tertiary/aromatic N) is 3. The average molecular weight is 393 g/mol. The summed E-state index contributed by atoms with van der Waals surface area (Å²) < 4.78 is 0. The SMILES string of the molecule is CC(CNC(=O)c1cc(Cl)nc(Cl)c1)N1CCN(c2ccccc2)CC1. The maximum absolute atomic E-state index is 12.3. The van der Waals surface area contributed by atoms with Crippen LogP contribution < -0.4 is 10.2 Å². The molecule has 1 aliphatic heterocycles. The highest BCUT2D eigenvalue weighted by atomic mass is 35.5. The van der Waals surface area contributed by atoms with Crippen molar-refractivity contribution in [3.8, 4) is 0 Å². The number of benzene rings is 1. The first kappa shape index (κ1) is 19.0. The van der Waals surface area contributed by atoms with E-state index in [2.05, 4.69) is 51.3 Å². The minimum Gasteiger partial charge on any atom is -0.369 e. The Balaban J connectivity index is 1.48. The molecule has 2 aromatic rings. The van der Waals surface area contributed by atoms with Gasteiger partial charge >= 0.3 is 0 Å². The number of carbonyl (C=O) groups excluding carboxylic acids is 1. The van der Waals surface area contributed by atoms with E-state index in [-0.39, 0.29) is 22.3 Å². The van der Waals surface area contributed by atoms with Crippen molar-refractivity contribution in [1.82, 2.24) is 15.2 Å². The molecule has 5 nitrogen and oxygen atoms in total. The number of nitrogens with one attached hydrogen (secondary N) is 1. The van der Waals surface area contributed by atoms with Crippen LogP contribution in [0.15, 0.2) is 42.5 Å². The van der Waals surface area contributed by atoms with Gasteiger partial charge in [-0.05, 0) is 31.2 Å². The molecule has 1 aliphatic rings. The van der Waals surface area contributed by atoms with Gasteiger partial charge in [-0.2, -0.15) is 0 Å². The van der Waals surface area contributed by atoms with Crippen molar-refractivity contribution >= 4 is 34.8 Å². The van der Waals surface area contributed by atoms with Crippen LogP contribution in [-0.4, -0.2) is 54.6 Å². The molecule has 138 valence electrons. The summed E-state index contributed by atoms with van der Waals surface area (Å²) in [5, 5.41) is 3.39. The van der Waals surface area contributed by atoms with Gasteiger partial charge in [0.25, 0.3) is 5.91 Å². The second-order valence-electron chi connectivity index (χ2n) is 6.42. The number of pyridine rings is 1. The van der Waals surface area contributed by atoms with Crippen LogP contribution in [0.25, 0.3) is 0 Å². The Morgan fingerprint density at radius 1 is 1.12 bits per heavy atom. The molecule has 1 saturated heterocycles. The fraction of sp³-hybridized carbons (Fsp3) is 0.368. The largest absolute Gasteiger partial charge is 0.369 e. The van der Waals surface area contributed by atoms with Gasteiger partial charge in [0.05, 0.1) is 0 Å². The lowest BCUT2D eigenvalue weighted by molar-refractivity contribution is 0.0934. The lowest BCUT2D eigenvalue weighted by Crippen LogP contribution is -2.52. The first-order valence-corrected chi connectivity index (χ1v) is 9.44. The molecule has 0 saturated carbocycles. The van der Waals surface area contributed by atoms with Crippen molar-refractivity contribution < 1.29 is 4.79 Å². The zero-order valence-corrected chi connectivity index (χ0v) is 16.2. The van der Waals surface area contributed by atoms with Crippen LogP contribution in [0.5, 0.6) is 0 Å². The fourth-order valence-corrected chi connectivity index (χ4v) is 3.59. The molecule has 0 radical (unpaired) electrons. The van der Waals surface area contributed by atoms with Crippen molar-refractivity contribution in [1.29, 1.82) is 0 Å². The number of rotatable bonds is 5. The zero-order valence-electron chi connectivity index (χ0n) is 14.7. The van der Waals surface area contributed by atoms with E-state index in [1.807, 2.05) is 6.07 Å². The van der Waals surface area contributed by atoms with E-state index in [4.69, 9.17) is 23.2 Å². The number of para-hydroxylation sites is 1. The molecule has 0 bridgehead atoms. The molecular weight excluding hydrogens is 371 g/mol. The monoisotopic (exact) mass is 392 g/mol. The van der Waals surface area contributed by atoms with Crippen molar-refractivity contribution in [2.45, 2.75) is 13.0 Å². The van der Waals surface area contributed by atoms with Gasteiger partial charge < -0.3 is 10.2 Å². The van der Waals surface area contributed by atoms with E-state index >= 15 is 0 Å². The highest BCUT2D eigenvalue weighted by molar-refractivity contribution is 6.33. The Morgan fingerprint density at radius 2 is 1.73 bits per heavy atom. The molecule has 1 unspecified atom stereocenters. The van der Waals surface area contributed by atoms with Gasteiger partial charge in [-0.15, -0.1) is 0 Å². The van der Waals surface area contributed by atoms with E-state index in [1.165, 1.54) is 17.8 Å². The van der Waals surface area contributed by atoms with Gasteiger partial charge in [0.1, 0.15) is 10.3 Å². The molecule has 3 rings (SSSR count). The van der Waals surface area contributed by atoms with Gasteiger partial charge in [-0.25, -0.2) is 4.98 Å². The molecule has 0 spiro atoms. The summed E-state index contributed by atoms with van der Waals surface area (Å²) in [6.07, 6.45) is 0. The molecular formula is C19H22Cl2N4O. The van der Waals surface area contributed by atoms with Crippen LogP contribution in [0.1, 0.15) is 17.3 Å². The van der Waals surface area contributed by atoms with Gasteiger partial charge in [0.2, 0.25) is 0 Å². The Bertz CT molecular complexity index is 728. The third-order valence-corrected chi connectivity index (χ3v) is 5.03. The van der Waals surface area contributed by atoms with Gasteiger partial charge in [0.15, 0.2) is 0 Å². The fourth-order valence-electron chi connectivity index (χ4n) is 3.13. The second-order valence-corrected chi connectivity index (χ2v) is 7.19. The van der Waals surface area contributed by atoms with E-state index in [0.717, 1.165) is 26.2 Å². The second kappa shape index (κ2) is 8.71. The van der Waals surface area contributed by atoms with Crippen molar-refractivity contribution in [3.05, 3.63) is 58.3 Å². The quantitative estimate of drug-likeness (QED) is 0.792. The minimum absolute atomic E-state index is 0.189. The van der Waals surface area contributed by atoms with Crippen LogP contribution >= 0.6 is 23.2 Å². The van der Waals surface area contributed by atoms with Gasteiger partial charge in [-0.3, -0.25) is 9.69 Å². The maximum Gasteiger partial charge on any atom is 0.251 e. The number of piperazine rings is 1. The first-order valence-electron chi connectivity index (χ1n) is 8.68.